The number of ether oxygens (including phenoxy) is 1. The maximum atomic E-state index is 12.1. The van der Waals surface area contributed by atoms with Gasteiger partial charge in [0.05, 0.1) is 6.10 Å². The van der Waals surface area contributed by atoms with Crippen molar-refractivity contribution in [2.75, 3.05) is 0 Å². The highest BCUT2D eigenvalue weighted by Gasteiger charge is 2.17. The van der Waals surface area contributed by atoms with E-state index in [2.05, 4.69) is 4.74 Å². The summed E-state index contributed by atoms with van der Waals surface area (Å²) in [7, 11) is 0. The molecule has 3 N–H and O–H groups in total. The number of halogens is 2. The molecule has 21 heavy (non-hydrogen) atoms. The predicted octanol–water partition coefficient (Wildman–Crippen LogP) is 2.89. The van der Waals surface area contributed by atoms with Crippen molar-refractivity contribution in [3.8, 4) is 5.75 Å². The molecule has 0 fully saturated rings. The molecule has 0 aliphatic rings. The van der Waals surface area contributed by atoms with E-state index in [4.69, 9.17) is 5.73 Å². The lowest BCUT2D eigenvalue weighted by molar-refractivity contribution is -0.0498. The number of hydrogen-bond acceptors (Lipinski definition) is 3. The SMILES string of the molecule is NC(Cc1ccccc1)C(O)c1ccc(OC(F)F)cc1. The van der Waals surface area contributed by atoms with Gasteiger partial charge in [0.25, 0.3) is 0 Å². The summed E-state index contributed by atoms with van der Waals surface area (Å²) in [6, 6.07) is 15.0. The maximum absolute atomic E-state index is 12.1. The van der Waals surface area contributed by atoms with Gasteiger partial charge in [0.15, 0.2) is 0 Å². The van der Waals surface area contributed by atoms with Gasteiger partial charge in [-0.3, -0.25) is 0 Å². The van der Waals surface area contributed by atoms with E-state index in [1.165, 1.54) is 24.3 Å². The topological polar surface area (TPSA) is 55.5 Å². The second-order valence-corrected chi connectivity index (χ2v) is 4.75. The van der Waals surface area contributed by atoms with Crippen LogP contribution in [-0.4, -0.2) is 17.8 Å². The molecular weight excluding hydrogens is 276 g/mol. The van der Waals surface area contributed by atoms with Crippen LogP contribution in [-0.2, 0) is 6.42 Å². The van der Waals surface area contributed by atoms with Crippen molar-refractivity contribution >= 4 is 0 Å². The molecule has 2 aromatic carbocycles. The lowest BCUT2D eigenvalue weighted by atomic mass is 9.97. The second kappa shape index (κ2) is 7.15. The molecule has 0 aliphatic heterocycles. The first kappa shape index (κ1) is 15.4. The van der Waals surface area contributed by atoms with E-state index in [9.17, 15) is 13.9 Å². The molecule has 0 spiro atoms. The minimum absolute atomic E-state index is 0.0533. The summed E-state index contributed by atoms with van der Waals surface area (Å²) < 4.78 is 28.4. The standard InChI is InChI=1S/C16H17F2NO2/c17-16(18)21-13-8-6-12(7-9-13)15(20)14(19)10-11-4-2-1-3-5-11/h1-9,14-16,20H,10,19H2. The number of rotatable bonds is 6. The van der Waals surface area contributed by atoms with E-state index in [0.717, 1.165) is 5.56 Å². The van der Waals surface area contributed by atoms with Crippen molar-refractivity contribution in [1.29, 1.82) is 0 Å². The Bertz CT molecular complexity index is 546. The van der Waals surface area contributed by atoms with Crippen LogP contribution in [0.15, 0.2) is 54.6 Å². The molecule has 0 radical (unpaired) electrons. The van der Waals surface area contributed by atoms with Crippen LogP contribution in [0.1, 0.15) is 17.2 Å². The molecule has 5 heteroatoms. The number of benzene rings is 2. The third kappa shape index (κ3) is 4.51. The molecule has 3 nitrogen and oxygen atoms in total. The summed E-state index contributed by atoms with van der Waals surface area (Å²) in [6.45, 7) is -2.86. The largest absolute Gasteiger partial charge is 0.435 e. The molecule has 112 valence electrons. The zero-order valence-electron chi connectivity index (χ0n) is 11.3. The molecule has 0 bridgehead atoms. The molecule has 0 saturated heterocycles. The number of aliphatic hydroxyl groups excluding tert-OH is 1. The van der Waals surface area contributed by atoms with Crippen LogP contribution in [0.5, 0.6) is 5.75 Å². The van der Waals surface area contributed by atoms with Gasteiger partial charge in [0, 0.05) is 6.04 Å². The highest BCUT2D eigenvalue weighted by atomic mass is 19.3. The maximum Gasteiger partial charge on any atom is 0.387 e. The van der Waals surface area contributed by atoms with Crippen LogP contribution < -0.4 is 10.5 Å². The Morgan fingerprint density at radius 3 is 2.19 bits per heavy atom. The first-order valence-corrected chi connectivity index (χ1v) is 6.58. The molecule has 0 saturated carbocycles. The van der Waals surface area contributed by atoms with E-state index >= 15 is 0 Å². The predicted molar refractivity (Wildman–Crippen MR) is 76.2 cm³/mol. The summed E-state index contributed by atoms with van der Waals surface area (Å²) in [5, 5.41) is 10.2. The minimum atomic E-state index is -2.86. The van der Waals surface area contributed by atoms with Gasteiger partial charge in [-0.15, -0.1) is 0 Å². The first-order valence-electron chi connectivity index (χ1n) is 6.58. The average molecular weight is 293 g/mol. The normalized spacial score (nSPS) is 14.0. The lowest BCUT2D eigenvalue weighted by Crippen LogP contribution is -2.30. The van der Waals surface area contributed by atoms with Crippen molar-refractivity contribution in [2.24, 2.45) is 5.73 Å². The molecule has 0 amide bonds. The van der Waals surface area contributed by atoms with Crippen LogP contribution >= 0.6 is 0 Å². The quantitative estimate of drug-likeness (QED) is 0.861. The van der Waals surface area contributed by atoms with E-state index in [1.807, 2.05) is 30.3 Å². The summed E-state index contributed by atoms with van der Waals surface area (Å²) >= 11 is 0. The van der Waals surface area contributed by atoms with Crippen molar-refractivity contribution in [3.63, 3.8) is 0 Å². The molecular formula is C16H17F2NO2. The van der Waals surface area contributed by atoms with Crippen LogP contribution in [0.25, 0.3) is 0 Å². The van der Waals surface area contributed by atoms with Crippen LogP contribution in [0.3, 0.4) is 0 Å². The van der Waals surface area contributed by atoms with Crippen LogP contribution in [0.4, 0.5) is 8.78 Å². The van der Waals surface area contributed by atoms with Gasteiger partial charge in [0.2, 0.25) is 0 Å². The summed E-state index contributed by atoms with van der Waals surface area (Å²) in [6.07, 6.45) is -0.345. The third-order valence-electron chi connectivity index (χ3n) is 3.17. The molecule has 0 heterocycles. The fourth-order valence-electron chi connectivity index (χ4n) is 2.09. The Morgan fingerprint density at radius 1 is 1.00 bits per heavy atom. The van der Waals surface area contributed by atoms with Gasteiger partial charge in [0.1, 0.15) is 5.75 Å². The smallest absolute Gasteiger partial charge is 0.387 e. The number of aliphatic hydroxyl groups is 1. The van der Waals surface area contributed by atoms with Gasteiger partial charge in [-0.25, -0.2) is 0 Å². The van der Waals surface area contributed by atoms with E-state index in [0.29, 0.717) is 12.0 Å². The molecule has 0 aliphatic carbocycles. The number of nitrogens with two attached hydrogens (primary N) is 1. The first-order chi connectivity index (χ1) is 10.1. The third-order valence-corrected chi connectivity index (χ3v) is 3.17. The van der Waals surface area contributed by atoms with Gasteiger partial charge in [-0.2, -0.15) is 8.78 Å². The fraction of sp³-hybridized carbons (Fsp3) is 0.250. The number of hydrogen-bond donors (Lipinski definition) is 2. The summed E-state index contributed by atoms with van der Waals surface area (Å²) in [4.78, 5) is 0. The monoisotopic (exact) mass is 293 g/mol. The van der Waals surface area contributed by atoms with Crippen molar-refractivity contribution in [2.45, 2.75) is 25.2 Å². The highest BCUT2D eigenvalue weighted by molar-refractivity contribution is 5.29. The van der Waals surface area contributed by atoms with Gasteiger partial charge in [-0.05, 0) is 29.7 Å². The van der Waals surface area contributed by atoms with E-state index in [1.54, 1.807) is 0 Å². The van der Waals surface area contributed by atoms with Crippen molar-refractivity contribution < 1.29 is 18.6 Å². The Hall–Kier alpha value is -1.98. The molecule has 0 aromatic heterocycles. The highest BCUT2D eigenvalue weighted by Crippen LogP contribution is 2.22. The molecule has 2 atom stereocenters. The Balaban J connectivity index is 2.00. The Kier molecular flexibility index (Phi) is 5.25. The van der Waals surface area contributed by atoms with Crippen LogP contribution in [0, 0.1) is 0 Å². The van der Waals surface area contributed by atoms with Gasteiger partial charge < -0.3 is 15.6 Å². The lowest BCUT2D eigenvalue weighted by Gasteiger charge is -2.19. The minimum Gasteiger partial charge on any atom is -0.435 e. The Labute approximate surface area is 122 Å². The zero-order chi connectivity index (χ0) is 15.2. The number of alkyl halides is 2. The van der Waals surface area contributed by atoms with Gasteiger partial charge in [-0.1, -0.05) is 42.5 Å². The van der Waals surface area contributed by atoms with Crippen LogP contribution in [0.2, 0.25) is 0 Å². The summed E-state index contributed by atoms with van der Waals surface area (Å²) in [5.74, 6) is 0.0533. The second-order valence-electron chi connectivity index (χ2n) is 4.75. The Morgan fingerprint density at radius 2 is 1.62 bits per heavy atom. The summed E-state index contributed by atoms with van der Waals surface area (Å²) in [5.41, 5.74) is 7.60. The molecule has 2 rings (SSSR count). The van der Waals surface area contributed by atoms with Gasteiger partial charge >= 0.3 is 6.61 Å². The van der Waals surface area contributed by atoms with E-state index < -0.39 is 18.8 Å². The van der Waals surface area contributed by atoms with Crippen molar-refractivity contribution in [3.05, 3.63) is 65.7 Å². The fourth-order valence-corrected chi connectivity index (χ4v) is 2.09. The molecule has 2 unspecified atom stereocenters. The zero-order valence-corrected chi connectivity index (χ0v) is 11.3. The van der Waals surface area contributed by atoms with Crippen molar-refractivity contribution in [1.82, 2.24) is 0 Å². The average Bonchev–Trinajstić information content (AvgIpc) is 2.47. The van der Waals surface area contributed by atoms with E-state index in [-0.39, 0.29) is 5.75 Å². The molecule has 2 aromatic rings.